The number of nitrogens with one attached hydrogen (secondary N) is 3. The third-order valence-corrected chi connectivity index (χ3v) is 3.95. The van der Waals surface area contributed by atoms with Gasteiger partial charge in [-0.1, -0.05) is 23.9 Å². The maximum Gasteiger partial charge on any atom is 0.240 e. The minimum absolute atomic E-state index is 0.0546. The Balaban J connectivity index is 1.81. The molecule has 0 saturated carbocycles. The minimum Gasteiger partial charge on any atom is -0.378 e. The van der Waals surface area contributed by atoms with Crippen molar-refractivity contribution in [1.82, 2.24) is 20.5 Å². The number of aromatic nitrogens is 3. The quantitative estimate of drug-likeness (QED) is 0.390. The van der Waals surface area contributed by atoms with Gasteiger partial charge in [0.25, 0.3) is 0 Å². The highest BCUT2D eigenvalue weighted by molar-refractivity contribution is 7.99. The molecule has 0 spiro atoms. The number of benzene rings is 1. The number of anilines is 2. The maximum atomic E-state index is 11.8. The first-order valence-electron chi connectivity index (χ1n) is 8.15. The van der Waals surface area contributed by atoms with Crippen molar-refractivity contribution in [3.8, 4) is 0 Å². The topological polar surface area (TPSA) is 98.3 Å². The van der Waals surface area contributed by atoms with E-state index >= 15 is 0 Å². The summed E-state index contributed by atoms with van der Waals surface area (Å²) in [6, 6.07) is 8.01. The molecule has 0 radical (unpaired) electrons. The number of thioether (sulfide) groups is 1. The van der Waals surface area contributed by atoms with Gasteiger partial charge < -0.3 is 10.2 Å². The van der Waals surface area contributed by atoms with Gasteiger partial charge in [0.2, 0.25) is 17.0 Å². The van der Waals surface area contributed by atoms with Crippen LogP contribution in [-0.4, -0.2) is 52.7 Å². The smallest absolute Gasteiger partial charge is 0.240 e. The van der Waals surface area contributed by atoms with Gasteiger partial charge in [-0.3, -0.25) is 4.79 Å². The van der Waals surface area contributed by atoms with E-state index in [2.05, 4.69) is 31.0 Å². The maximum absolute atomic E-state index is 11.8. The number of amides is 1. The summed E-state index contributed by atoms with van der Waals surface area (Å²) < 4.78 is 0. The third kappa shape index (κ3) is 6.75. The molecule has 1 aromatic carbocycles. The fourth-order valence-electron chi connectivity index (χ4n) is 1.97. The molecule has 140 valence electrons. The lowest BCUT2D eigenvalue weighted by Gasteiger charge is -2.19. The molecule has 26 heavy (non-hydrogen) atoms. The molecule has 1 amide bonds. The van der Waals surface area contributed by atoms with E-state index < -0.39 is 0 Å². The number of H-pyrrole nitrogens is 1. The van der Waals surface area contributed by atoms with Crippen molar-refractivity contribution < 1.29 is 4.79 Å². The zero-order valence-corrected chi connectivity index (χ0v) is 16.5. The summed E-state index contributed by atoms with van der Waals surface area (Å²) in [4.78, 5) is 18.1. The Kier molecular flexibility index (Phi) is 6.62. The molecule has 0 saturated heterocycles. The molecule has 0 bridgehead atoms. The number of nitrogens with zero attached hydrogens (tertiary/aromatic N) is 4. The number of rotatable bonds is 7. The van der Waals surface area contributed by atoms with Crippen LogP contribution in [-0.2, 0) is 4.79 Å². The molecular formula is C17H25N7OS. The van der Waals surface area contributed by atoms with Crippen LogP contribution in [0, 0.1) is 0 Å². The predicted molar refractivity (Wildman–Crippen MR) is 107 cm³/mol. The van der Waals surface area contributed by atoms with Crippen LogP contribution in [0.5, 0.6) is 0 Å². The highest BCUT2D eigenvalue weighted by atomic mass is 32.2. The molecular weight excluding hydrogens is 350 g/mol. The molecule has 2 aromatic rings. The largest absolute Gasteiger partial charge is 0.378 e. The number of aromatic amines is 1. The Morgan fingerprint density at radius 2 is 2.00 bits per heavy atom. The van der Waals surface area contributed by atoms with Crippen LogP contribution in [0.15, 0.2) is 34.5 Å². The monoisotopic (exact) mass is 375 g/mol. The molecule has 0 aliphatic rings. The third-order valence-electron chi connectivity index (χ3n) is 3.11. The molecule has 8 nitrogen and oxygen atoms in total. The summed E-state index contributed by atoms with van der Waals surface area (Å²) in [7, 11) is 3.99. The lowest BCUT2D eigenvalue weighted by molar-refractivity contribution is -0.119. The molecule has 1 heterocycles. The summed E-state index contributed by atoms with van der Waals surface area (Å²) in [5.41, 5.74) is 4.64. The number of hydrogen-bond acceptors (Lipinski definition) is 7. The molecule has 9 heteroatoms. The van der Waals surface area contributed by atoms with Crippen molar-refractivity contribution in [1.29, 1.82) is 0 Å². The standard InChI is InChI=1S/C17H25N7OS/c1-17(2,3)20-14(25)11-26-16-19-15(22-23-16)21-18-10-12-6-8-13(9-7-12)24(4)5/h6-10H,11H2,1-5H3,(H,20,25)(H2,19,21,22,23)/b18-10-. The second-order valence-electron chi connectivity index (χ2n) is 6.91. The zero-order valence-electron chi connectivity index (χ0n) is 15.7. The normalized spacial score (nSPS) is 11.6. The fourth-order valence-corrected chi connectivity index (χ4v) is 2.57. The van der Waals surface area contributed by atoms with E-state index in [-0.39, 0.29) is 17.2 Å². The second-order valence-corrected chi connectivity index (χ2v) is 7.85. The van der Waals surface area contributed by atoms with E-state index in [0.29, 0.717) is 11.1 Å². The predicted octanol–water partition coefficient (Wildman–Crippen LogP) is 2.32. The van der Waals surface area contributed by atoms with Crippen molar-refractivity contribution in [3.63, 3.8) is 0 Å². The van der Waals surface area contributed by atoms with Crippen LogP contribution < -0.4 is 15.6 Å². The van der Waals surface area contributed by atoms with Crippen LogP contribution in [0.4, 0.5) is 11.6 Å². The van der Waals surface area contributed by atoms with Crippen molar-refractivity contribution in [2.24, 2.45) is 5.10 Å². The summed E-state index contributed by atoms with van der Waals surface area (Å²) in [5.74, 6) is 0.627. The zero-order chi connectivity index (χ0) is 19.2. The van der Waals surface area contributed by atoms with Gasteiger partial charge in [-0.05, 0) is 38.5 Å². The van der Waals surface area contributed by atoms with Crippen molar-refractivity contribution in [2.75, 3.05) is 30.2 Å². The van der Waals surface area contributed by atoms with Gasteiger partial charge in [-0.25, -0.2) is 10.5 Å². The first-order chi connectivity index (χ1) is 12.2. The number of carbonyl (C=O) groups excluding carboxylic acids is 1. The van der Waals surface area contributed by atoms with Crippen molar-refractivity contribution in [2.45, 2.75) is 31.5 Å². The van der Waals surface area contributed by atoms with E-state index in [9.17, 15) is 4.79 Å². The van der Waals surface area contributed by atoms with Crippen LogP contribution in [0.1, 0.15) is 26.3 Å². The van der Waals surface area contributed by atoms with Gasteiger partial charge in [-0.15, -0.1) is 5.10 Å². The van der Waals surface area contributed by atoms with Crippen LogP contribution in [0.25, 0.3) is 0 Å². The van der Waals surface area contributed by atoms with E-state index in [4.69, 9.17) is 0 Å². The fraction of sp³-hybridized carbons (Fsp3) is 0.412. The van der Waals surface area contributed by atoms with Crippen molar-refractivity contribution in [3.05, 3.63) is 29.8 Å². The summed E-state index contributed by atoms with van der Waals surface area (Å²) in [5, 5.41) is 14.3. The summed E-state index contributed by atoms with van der Waals surface area (Å²) in [6.45, 7) is 5.82. The average molecular weight is 376 g/mol. The SMILES string of the molecule is CN(C)c1ccc(/C=N\Nc2nc(SCC(=O)NC(C)(C)C)n[nH]2)cc1. The van der Waals surface area contributed by atoms with Gasteiger partial charge in [0, 0.05) is 25.3 Å². The van der Waals surface area contributed by atoms with Gasteiger partial charge >= 0.3 is 0 Å². The minimum atomic E-state index is -0.247. The Hall–Kier alpha value is -2.55. The lowest BCUT2D eigenvalue weighted by Crippen LogP contribution is -2.41. The highest BCUT2D eigenvalue weighted by Gasteiger charge is 2.14. The number of hydrogen-bond donors (Lipinski definition) is 3. The van der Waals surface area contributed by atoms with Gasteiger partial charge in [-0.2, -0.15) is 10.1 Å². The lowest BCUT2D eigenvalue weighted by atomic mass is 10.1. The molecule has 1 aromatic heterocycles. The Labute approximate surface area is 157 Å². The average Bonchev–Trinajstić information content (AvgIpc) is 3.00. The summed E-state index contributed by atoms with van der Waals surface area (Å²) >= 11 is 1.26. The molecule has 0 aliphatic carbocycles. The molecule has 0 unspecified atom stereocenters. The van der Waals surface area contributed by atoms with E-state index in [1.807, 2.05) is 64.0 Å². The molecule has 0 fully saturated rings. The number of carbonyl (C=O) groups is 1. The van der Waals surface area contributed by atoms with Crippen molar-refractivity contribution >= 4 is 35.5 Å². The molecule has 3 N–H and O–H groups in total. The summed E-state index contributed by atoms with van der Waals surface area (Å²) in [6.07, 6.45) is 1.70. The highest BCUT2D eigenvalue weighted by Crippen LogP contribution is 2.14. The Morgan fingerprint density at radius 1 is 1.31 bits per heavy atom. The Bertz CT molecular complexity index is 747. The first-order valence-corrected chi connectivity index (χ1v) is 9.14. The van der Waals surface area contributed by atoms with Crippen LogP contribution in [0.3, 0.4) is 0 Å². The molecule has 0 aliphatic heterocycles. The van der Waals surface area contributed by atoms with E-state index in [1.165, 1.54) is 11.8 Å². The van der Waals surface area contributed by atoms with Crippen LogP contribution >= 0.6 is 11.8 Å². The number of hydrazone groups is 1. The van der Waals surface area contributed by atoms with Gasteiger partial charge in [0.15, 0.2) is 0 Å². The van der Waals surface area contributed by atoms with Gasteiger partial charge in [0.05, 0.1) is 12.0 Å². The molecule has 2 rings (SSSR count). The van der Waals surface area contributed by atoms with E-state index in [1.54, 1.807) is 6.21 Å². The first kappa shape index (κ1) is 19.8. The Morgan fingerprint density at radius 3 is 2.62 bits per heavy atom. The van der Waals surface area contributed by atoms with E-state index in [0.717, 1.165) is 11.3 Å². The second kappa shape index (κ2) is 8.70. The molecule has 0 atom stereocenters. The van der Waals surface area contributed by atoms with Crippen LogP contribution in [0.2, 0.25) is 0 Å². The van der Waals surface area contributed by atoms with Gasteiger partial charge in [0.1, 0.15) is 0 Å².